The van der Waals surface area contributed by atoms with Gasteiger partial charge in [-0.2, -0.15) is 0 Å². The lowest BCUT2D eigenvalue weighted by Gasteiger charge is -2.17. The van der Waals surface area contributed by atoms with Crippen LogP contribution in [0.3, 0.4) is 0 Å². The van der Waals surface area contributed by atoms with Crippen LogP contribution in [0.4, 0.5) is 0 Å². The Hall–Kier alpha value is -3.87. The van der Waals surface area contributed by atoms with Crippen LogP contribution in [0.2, 0.25) is 5.02 Å². The molecule has 0 nitrogen and oxygen atoms in total. The number of hydrogen-bond acceptors (Lipinski definition) is 0. The van der Waals surface area contributed by atoms with Gasteiger partial charge in [-0.05, 0) is 83.2 Å². The maximum absolute atomic E-state index is 6.54. The molecule has 0 spiro atoms. The first kappa shape index (κ1) is 18.7. The Labute approximate surface area is 196 Å². The van der Waals surface area contributed by atoms with Crippen molar-refractivity contribution in [3.8, 4) is 11.1 Å². The van der Waals surface area contributed by atoms with Crippen molar-refractivity contribution in [1.82, 2.24) is 0 Å². The summed E-state index contributed by atoms with van der Waals surface area (Å²) >= 11 is 6.54. The Balaban J connectivity index is 1.82. The van der Waals surface area contributed by atoms with Gasteiger partial charge in [0.25, 0.3) is 0 Å². The Morgan fingerprint density at radius 1 is 0.333 bits per heavy atom. The summed E-state index contributed by atoms with van der Waals surface area (Å²) in [6, 6.07) is 41.3. The van der Waals surface area contributed by atoms with Crippen LogP contribution in [0.1, 0.15) is 0 Å². The topological polar surface area (TPSA) is 0 Å². The van der Waals surface area contributed by atoms with Crippen LogP contribution in [-0.4, -0.2) is 0 Å². The van der Waals surface area contributed by atoms with Gasteiger partial charge in [0.1, 0.15) is 0 Å². The van der Waals surface area contributed by atoms with E-state index in [1.165, 1.54) is 65.0 Å². The molecule has 33 heavy (non-hydrogen) atoms. The highest BCUT2D eigenvalue weighted by Crippen LogP contribution is 2.45. The van der Waals surface area contributed by atoms with Crippen molar-refractivity contribution in [2.24, 2.45) is 0 Å². The largest absolute Gasteiger partial charge is 0.0843 e. The summed E-state index contributed by atoms with van der Waals surface area (Å²) in [5, 5.41) is 13.4. The molecule has 7 aromatic carbocycles. The lowest BCUT2D eigenvalue weighted by atomic mass is 9.86. The van der Waals surface area contributed by atoms with Crippen molar-refractivity contribution < 1.29 is 0 Å². The summed E-state index contributed by atoms with van der Waals surface area (Å²) in [7, 11) is 0. The van der Waals surface area contributed by atoms with Crippen LogP contribution < -0.4 is 0 Å². The molecule has 0 heterocycles. The van der Waals surface area contributed by atoms with Gasteiger partial charge in [0, 0.05) is 5.02 Å². The molecule has 0 radical (unpaired) electrons. The predicted octanol–water partition coefficient (Wildman–Crippen LogP) is 9.77. The Kier molecular flexibility index (Phi) is 4.00. The van der Waals surface area contributed by atoms with E-state index in [1.54, 1.807) is 0 Å². The molecular formula is C32H19Cl. The summed E-state index contributed by atoms with van der Waals surface area (Å²) in [5.74, 6) is 0. The molecule has 0 amide bonds. The third-order valence-corrected chi connectivity index (χ3v) is 7.11. The second-order valence-corrected chi connectivity index (χ2v) is 9.09. The second kappa shape index (κ2) is 7.07. The van der Waals surface area contributed by atoms with Crippen molar-refractivity contribution >= 4 is 65.5 Å². The zero-order chi connectivity index (χ0) is 21.9. The molecule has 0 bridgehead atoms. The number of fused-ring (bicyclic) bond motifs is 11. The minimum Gasteiger partial charge on any atom is -0.0843 e. The molecular weight excluding hydrogens is 420 g/mol. The van der Waals surface area contributed by atoms with Gasteiger partial charge in [-0.15, -0.1) is 0 Å². The number of rotatable bonds is 1. The molecule has 0 saturated carbocycles. The smallest absolute Gasteiger partial charge is 0.0412 e. The molecule has 0 atom stereocenters. The van der Waals surface area contributed by atoms with Gasteiger partial charge >= 0.3 is 0 Å². The normalized spacial score (nSPS) is 11.8. The van der Waals surface area contributed by atoms with Crippen molar-refractivity contribution in [1.29, 1.82) is 0 Å². The fourth-order valence-corrected chi connectivity index (χ4v) is 5.63. The zero-order valence-electron chi connectivity index (χ0n) is 17.8. The molecule has 0 aliphatic heterocycles. The summed E-state index contributed by atoms with van der Waals surface area (Å²) < 4.78 is 0. The van der Waals surface area contributed by atoms with Gasteiger partial charge in [-0.3, -0.25) is 0 Å². The number of hydrogen-bond donors (Lipinski definition) is 0. The van der Waals surface area contributed by atoms with Crippen molar-refractivity contribution in [2.45, 2.75) is 0 Å². The molecule has 0 unspecified atom stereocenters. The van der Waals surface area contributed by atoms with Gasteiger partial charge in [0.2, 0.25) is 0 Å². The van der Waals surface area contributed by atoms with Crippen LogP contribution in [0.5, 0.6) is 0 Å². The van der Waals surface area contributed by atoms with E-state index in [2.05, 4.69) is 109 Å². The highest BCUT2D eigenvalue weighted by Gasteiger charge is 2.16. The maximum atomic E-state index is 6.54. The molecule has 0 saturated heterocycles. The fraction of sp³-hybridized carbons (Fsp3) is 0. The van der Waals surface area contributed by atoms with Gasteiger partial charge in [-0.1, -0.05) is 109 Å². The second-order valence-electron chi connectivity index (χ2n) is 8.66. The van der Waals surface area contributed by atoms with Gasteiger partial charge in [0.05, 0.1) is 0 Å². The van der Waals surface area contributed by atoms with Gasteiger partial charge in [-0.25, -0.2) is 0 Å². The van der Waals surface area contributed by atoms with E-state index in [1.807, 2.05) is 6.07 Å². The molecule has 154 valence electrons. The van der Waals surface area contributed by atoms with Crippen LogP contribution in [0, 0.1) is 0 Å². The van der Waals surface area contributed by atoms with Gasteiger partial charge in [0.15, 0.2) is 0 Å². The average Bonchev–Trinajstić information content (AvgIpc) is 2.88. The maximum Gasteiger partial charge on any atom is 0.0412 e. The minimum absolute atomic E-state index is 0.765. The summed E-state index contributed by atoms with van der Waals surface area (Å²) in [6.07, 6.45) is 0. The van der Waals surface area contributed by atoms with E-state index in [9.17, 15) is 0 Å². The third-order valence-electron chi connectivity index (χ3n) is 6.87. The summed E-state index contributed by atoms with van der Waals surface area (Å²) in [6.45, 7) is 0. The Bertz CT molecular complexity index is 1860. The highest BCUT2D eigenvalue weighted by atomic mass is 35.5. The lowest BCUT2D eigenvalue weighted by molar-refractivity contribution is 1.65. The highest BCUT2D eigenvalue weighted by molar-refractivity contribution is 6.40. The predicted molar refractivity (Wildman–Crippen MR) is 144 cm³/mol. The van der Waals surface area contributed by atoms with Crippen molar-refractivity contribution in [3.63, 3.8) is 0 Å². The lowest BCUT2D eigenvalue weighted by Crippen LogP contribution is -1.89. The van der Waals surface area contributed by atoms with Crippen LogP contribution >= 0.6 is 11.6 Å². The van der Waals surface area contributed by atoms with E-state index < -0.39 is 0 Å². The fourth-order valence-electron chi connectivity index (χ4n) is 5.46. The van der Waals surface area contributed by atoms with E-state index in [-0.39, 0.29) is 0 Å². The quantitative estimate of drug-likeness (QED) is 0.224. The van der Waals surface area contributed by atoms with E-state index in [0.717, 1.165) is 5.02 Å². The molecule has 1 heteroatoms. The van der Waals surface area contributed by atoms with Gasteiger partial charge < -0.3 is 0 Å². The summed E-state index contributed by atoms with van der Waals surface area (Å²) in [4.78, 5) is 0. The van der Waals surface area contributed by atoms with E-state index >= 15 is 0 Å². The molecule has 0 aromatic heterocycles. The standard InChI is InChI=1S/C32H19Cl/c33-22-15-17-26-25-16-14-21(20-8-2-1-3-9-20)18-29(25)31-27-12-6-4-10-23(27)24-11-5-7-13-28(24)32(31)30(26)19-22/h1-19H. The first-order valence-electron chi connectivity index (χ1n) is 11.2. The summed E-state index contributed by atoms with van der Waals surface area (Å²) in [5.41, 5.74) is 2.46. The molecule has 0 fully saturated rings. The molecule has 7 aromatic rings. The number of halogens is 1. The first-order valence-corrected chi connectivity index (χ1v) is 11.6. The molecule has 7 rings (SSSR count). The Morgan fingerprint density at radius 2 is 0.818 bits per heavy atom. The van der Waals surface area contributed by atoms with Crippen molar-refractivity contribution in [2.75, 3.05) is 0 Å². The molecule has 0 N–H and O–H groups in total. The average molecular weight is 439 g/mol. The molecule has 0 aliphatic rings. The van der Waals surface area contributed by atoms with Crippen LogP contribution in [-0.2, 0) is 0 Å². The SMILES string of the molecule is Clc1ccc2c3ccc(-c4ccccc4)cc3c3c4ccccc4c4ccccc4c3c2c1. The third kappa shape index (κ3) is 2.71. The Morgan fingerprint density at radius 3 is 1.45 bits per heavy atom. The van der Waals surface area contributed by atoms with E-state index in [0.29, 0.717) is 0 Å². The number of benzene rings is 7. The minimum atomic E-state index is 0.765. The molecule has 0 aliphatic carbocycles. The zero-order valence-corrected chi connectivity index (χ0v) is 18.6. The van der Waals surface area contributed by atoms with Crippen molar-refractivity contribution in [3.05, 3.63) is 120 Å². The van der Waals surface area contributed by atoms with Crippen LogP contribution in [0.25, 0.3) is 65.0 Å². The van der Waals surface area contributed by atoms with Crippen LogP contribution in [0.15, 0.2) is 115 Å². The first-order chi connectivity index (χ1) is 16.3. The monoisotopic (exact) mass is 438 g/mol. The van der Waals surface area contributed by atoms with E-state index in [4.69, 9.17) is 11.6 Å².